The third-order valence-corrected chi connectivity index (χ3v) is 1.91. The quantitative estimate of drug-likeness (QED) is 0.258. The molecule has 4 heteroatoms. The van der Waals surface area contributed by atoms with Gasteiger partial charge in [0, 0.05) is 0 Å². The molecule has 0 aromatic rings. The smallest absolute Gasteiger partial charge is 0.243 e. The maximum Gasteiger partial charge on any atom is 0.243 e. The van der Waals surface area contributed by atoms with Gasteiger partial charge in [-0.25, -0.2) is 5.84 Å². The van der Waals surface area contributed by atoms with Crippen LogP contribution in [0.3, 0.4) is 0 Å². The van der Waals surface area contributed by atoms with Crippen LogP contribution in [0.4, 0.5) is 0 Å². The second-order valence-corrected chi connectivity index (χ2v) is 2.73. The van der Waals surface area contributed by atoms with Gasteiger partial charge in [0.05, 0.1) is 5.75 Å². The van der Waals surface area contributed by atoms with E-state index in [1.54, 1.807) is 11.8 Å². The molecule has 0 aromatic carbocycles. The van der Waals surface area contributed by atoms with Crippen LogP contribution in [0.15, 0.2) is 0 Å². The molecular weight excluding hydrogens is 136 g/mol. The Morgan fingerprint density at radius 2 is 2.44 bits per heavy atom. The Morgan fingerprint density at radius 3 is 2.89 bits per heavy atom. The van der Waals surface area contributed by atoms with Gasteiger partial charge in [0.15, 0.2) is 0 Å². The monoisotopic (exact) mass is 148 g/mol. The van der Waals surface area contributed by atoms with Crippen LogP contribution in [0, 0.1) is 0 Å². The van der Waals surface area contributed by atoms with Crippen molar-refractivity contribution in [3.05, 3.63) is 0 Å². The lowest BCUT2D eigenvalue weighted by Gasteiger charge is -1.96. The van der Waals surface area contributed by atoms with Gasteiger partial charge in [0.25, 0.3) is 0 Å². The minimum absolute atomic E-state index is 0.103. The summed E-state index contributed by atoms with van der Waals surface area (Å²) in [7, 11) is 0. The zero-order valence-corrected chi connectivity index (χ0v) is 6.33. The summed E-state index contributed by atoms with van der Waals surface area (Å²) in [6, 6.07) is 0. The second-order valence-electron chi connectivity index (χ2n) is 1.62. The van der Waals surface area contributed by atoms with Gasteiger partial charge >= 0.3 is 0 Å². The first-order valence-corrected chi connectivity index (χ1v) is 4.04. The highest BCUT2D eigenvalue weighted by Gasteiger charge is 1.94. The van der Waals surface area contributed by atoms with Crippen molar-refractivity contribution in [2.75, 3.05) is 11.5 Å². The minimum atomic E-state index is -0.103. The molecule has 0 fully saturated rings. The molecule has 0 bridgehead atoms. The molecule has 0 aliphatic carbocycles. The Kier molecular flexibility index (Phi) is 5.76. The van der Waals surface area contributed by atoms with E-state index in [-0.39, 0.29) is 5.91 Å². The third kappa shape index (κ3) is 5.65. The first-order chi connectivity index (χ1) is 4.31. The van der Waals surface area contributed by atoms with Crippen LogP contribution in [-0.2, 0) is 4.79 Å². The van der Waals surface area contributed by atoms with E-state index in [1.807, 2.05) is 0 Å². The molecule has 3 nitrogen and oxygen atoms in total. The highest BCUT2D eigenvalue weighted by Crippen LogP contribution is 1.99. The number of hydrazine groups is 1. The summed E-state index contributed by atoms with van der Waals surface area (Å²) < 4.78 is 0. The number of carbonyl (C=O) groups is 1. The van der Waals surface area contributed by atoms with Crippen molar-refractivity contribution in [1.82, 2.24) is 5.43 Å². The van der Waals surface area contributed by atoms with Crippen molar-refractivity contribution in [1.29, 1.82) is 0 Å². The van der Waals surface area contributed by atoms with E-state index in [1.165, 1.54) is 0 Å². The van der Waals surface area contributed by atoms with Crippen LogP contribution in [0.25, 0.3) is 0 Å². The van der Waals surface area contributed by atoms with Gasteiger partial charge in [0.1, 0.15) is 0 Å². The maximum atomic E-state index is 10.4. The first-order valence-electron chi connectivity index (χ1n) is 2.88. The van der Waals surface area contributed by atoms with Crippen molar-refractivity contribution in [3.63, 3.8) is 0 Å². The molecule has 3 N–H and O–H groups in total. The molecule has 0 aromatic heterocycles. The number of thioether (sulfide) groups is 1. The number of nitrogens with two attached hydrogens (primary N) is 1. The van der Waals surface area contributed by atoms with E-state index in [0.29, 0.717) is 5.75 Å². The first kappa shape index (κ1) is 8.78. The lowest BCUT2D eigenvalue weighted by Crippen LogP contribution is -2.31. The van der Waals surface area contributed by atoms with Gasteiger partial charge in [-0.3, -0.25) is 10.2 Å². The average molecular weight is 148 g/mol. The maximum absolute atomic E-state index is 10.4. The van der Waals surface area contributed by atoms with E-state index in [0.717, 1.165) is 12.2 Å². The predicted molar refractivity (Wildman–Crippen MR) is 39.9 cm³/mol. The molecule has 0 unspecified atom stereocenters. The largest absolute Gasteiger partial charge is 0.294 e. The Hall–Kier alpha value is -0.220. The van der Waals surface area contributed by atoms with Crippen LogP contribution in [0.1, 0.15) is 13.3 Å². The SMILES string of the molecule is CCCSCC(=O)NN. The fourth-order valence-electron chi connectivity index (χ4n) is 0.351. The number of nitrogens with one attached hydrogen (secondary N) is 1. The van der Waals surface area contributed by atoms with Crippen molar-refractivity contribution in [2.45, 2.75) is 13.3 Å². The second kappa shape index (κ2) is 5.91. The van der Waals surface area contributed by atoms with Gasteiger partial charge in [-0.05, 0) is 12.2 Å². The highest BCUT2D eigenvalue weighted by atomic mass is 32.2. The lowest BCUT2D eigenvalue weighted by molar-refractivity contribution is -0.118. The summed E-state index contributed by atoms with van der Waals surface area (Å²) in [5.74, 6) is 6.24. The number of rotatable bonds is 4. The summed E-state index contributed by atoms with van der Waals surface area (Å²) >= 11 is 1.59. The normalized spacial score (nSPS) is 9.11. The van der Waals surface area contributed by atoms with E-state index in [2.05, 4.69) is 12.3 Å². The molecular formula is C5H12N2OS. The molecule has 0 aliphatic heterocycles. The molecule has 0 aliphatic rings. The molecule has 0 saturated carbocycles. The number of carbonyl (C=O) groups excluding carboxylic acids is 1. The fourth-order valence-corrected chi connectivity index (χ4v) is 1.05. The van der Waals surface area contributed by atoms with E-state index in [4.69, 9.17) is 5.84 Å². The molecule has 9 heavy (non-hydrogen) atoms. The zero-order chi connectivity index (χ0) is 7.11. The summed E-state index contributed by atoms with van der Waals surface area (Å²) in [6.07, 6.45) is 1.10. The van der Waals surface area contributed by atoms with E-state index >= 15 is 0 Å². The van der Waals surface area contributed by atoms with E-state index in [9.17, 15) is 4.79 Å². The van der Waals surface area contributed by atoms with Crippen LogP contribution in [0.2, 0.25) is 0 Å². The third-order valence-electron chi connectivity index (χ3n) is 0.743. The number of hydrogen-bond acceptors (Lipinski definition) is 3. The Morgan fingerprint density at radius 1 is 1.78 bits per heavy atom. The van der Waals surface area contributed by atoms with Gasteiger partial charge < -0.3 is 0 Å². The Labute approximate surface area is 59.3 Å². The molecule has 0 spiro atoms. The summed E-state index contributed by atoms with van der Waals surface area (Å²) in [6.45, 7) is 2.08. The topological polar surface area (TPSA) is 55.1 Å². The molecule has 0 atom stereocenters. The standard InChI is InChI=1S/C5H12N2OS/c1-2-3-9-4-5(8)7-6/h2-4,6H2,1H3,(H,7,8). The van der Waals surface area contributed by atoms with Crippen molar-refractivity contribution < 1.29 is 4.79 Å². The summed E-state index contributed by atoms with van der Waals surface area (Å²) in [4.78, 5) is 10.4. The minimum Gasteiger partial charge on any atom is -0.294 e. The number of amides is 1. The molecule has 0 saturated heterocycles. The average Bonchev–Trinajstić information content (AvgIpc) is 1.89. The zero-order valence-electron chi connectivity index (χ0n) is 5.52. The molecule has 0 heterocycles. The lowest BCUT2D eigenvalue weighted by atomic mass is 10.6. The van der Waals surface area contributed by atoms with Crippen LogP contribution in [0.5, 0.6) is 0 Å². The van der Waals surface area contributed by atoms with Gasteiger partial charge in [-0.1, -0.05) is 6.92 Å². The predicted octanol–water partition coefficient (Wildman–Crippen LogP) is 0.120. The van der Waals surface area contributed by atoms with Crippen LogP contribution in [-0.4, -0.2) is 17.4 Å². The summed E-state index contributed by atoms with van der Waals surface area (Å²) in [5, 5.41) is 0. The van der Waals surface area contributed by atoms with Crippen LogP contribution < -0.4 is 11.3 Å². The molecule has 54 valence electrons. The molecule has 0 rings (SSSR count). The number of hydrogen-bond donors (Lipinski definition) is 2. The van der Waals surface area contributed by atoms with Gasteiger partial charge in [0.2, 0.25) is 5.91 Å². The van der Waals surface area contributed by atoms with Crippen molar-refractivity contribution in [2.24, 2.45) is 5.84 Å². The van der Waals surface area contributed by atoms with Gasteiger partial charge in [-0.15, -0.1) is 0 Å². The van der Waals surface area contributed by atoms with Crippen molar-refractivity contribution >= 4 is 17.7 Å². The van der Waals surface area contributed by atoms with Gasteiger partial charge in [-0.2, -0.15) is 11.8 Å². The fraction of sp³-hybridized carbons (Fsp3) is 0.800. The molecule has 0 radical (unpaired) electrons. The summed E-state index contributed by atoms with van der Waals surface area (Å²) in [5.41, 5.74) is 2.06. The highest BCUT2D eigenvalue weighted by molar-refractivity contribution is 7.99. The van der Waals surface area contributed by atoms with Crippen LogP contribution >= 0.6 is 11.8 Å². The van der Waals surface area contributed by atoms with E-state index < -0.39 is 0 Å². The van der Waals surface area contributed by atoms with Crippen molar-refractivity contribution in [3.8, 4) is 0 Å². The Bertz CT molecular complexity index is 87.0. The molecule has 1 amide bonds. The Balaban J connectivity index is 2.97.